The van der Waals surface area contributed by atoms with Crippen LogP contribution in [0.4, 0.5) is 0 Å². The zero-order chi connectivity index (χ0) is 45.0. The number of fused-ring (bicyclic) bond motifs is 4. The van der Waals surface area contributed by atoms with E-state index in [9.17, 15) is 0 Å². The van der Waals surface area contributed by atoms with Gasteiger partial charge >= 0.3 is 0 Å². The Morgan fingerprint density at radius 3 is 1.04 bits per heavy atom. The third-order valence-corrected chi connectivity index (χ3v) is 12.4. The monoisotopic (exact) mass is 880 g/mol. The Hall–Kier alpha value is -9.54. The van der Waals surface area contributed by atoms with Gasteiger partial charge < -0.3 is 9.47 Å². The third kappa shape index (κ3) is 6.92. The predicted molar refractivity (Wildman–Crippen MR) is 265 cm³/mol. The van der Waals surface area contributed by atoms with Gasteiger partial charge in [-0.3, -0.25) is 9.13 Å². The highest BCUT2D eigenvalue weighted by Gasteiger charge is 2.22. The highest BCUT2D eigenvalue weighted by Crippen LogP contribution is 2.31. The van der Waals surface area contributed by atoms with Crippen LogP contribution in [0, 0.1) is 0 Å². The predicted octanol–water partition coefficient (Wildman–Crippen LogP) is 12.4. The molecular weight excluding hydrogens is 841 g/mol. The summed E-state index contributed by atoms with van der Waals surface area (Å²) in [6.07, 6.45) is 8.00. The second-order valence-corrected chi connectivity index (χ2v) is 16.6. The minimum Gasteiger partial charge on any atom is -0.457 e. The summed E-state index contributed by atoms with van der Waals surface area (Å²) in [4.78, 5) is 9.15. The number of hydrogen-bond donors (Lipinski definition) is 0. The van der Waals surface area contributed by atoms with Crippen LogP contribution in [0.1, 0.15) is 0 Å². The molecule has 13 rings (SSSR count). The Kier molecular flexibility index (Phi) is 9.24. The maximum absolute atomic E-state index is 6.50. The summed E-state index contributed by atoms with van der Waals surface area (Å²) in [5.74, 6) is 2.97. The lowest BCUT2D eigenvalue weighted by molar-refractivity contribution is -0.571. The molecule has 0 aliphatic heterocycles. The first-order chi connectivity index (χ1) is 33.7. The molecule has 10 nitrogen and oxygen atoms in total. The molecule has 4 aromatic heterocycles. The number of aromatic nitrogens is 8. The summed E-state index contributed by atoms with van der Waals surface area (Å²) < 4.78 is 26.0. The lowest BCUT2D eigenvalue weighted by atomic mass is 10.2. The van der Waals surface area contributed by atoms with Crippen molar-refractivity contribution in [3.05, 3.63) is 244 Å². The Bertz CT molecular complexity index is 3750. The summed E-state index contributed by atoms with van der Waals surface area (Å²) in [7, 11) is 0. The van der Waals surface area contributed by atoms with E-state index in [2.05, 4.69) is 171 Å². The van der Waals surface area contributed by atoms with Crippen molar-refractivity contribution < 1.29 is 18.6 Å². The van der Waals surface area contributed by atoms with Crippen LogP contribution in [0.25, 0.3) is 78.3 Å². The van der Waals surface area contributed by atoms with Gasteiger partial charge in [0.25, 0.3) is 12.7 Å². The maximum atomic E-state index is 6.50. The number of rotatable bonds is 10. The summed E-state index contributed by atoms with van der Waals surface area (Å²) in [5.41, 5.74) is 14.3. The van der Waals surface area contributed by atoms with E-state index < -0.39 is 0 Å². The smallest absolute Gasteiger partial charge is 0.255 e. The van der Waals surface area contributed by atoms with E-state index in [0.717, 1.165) is 101 Å². The molecular formula is C58H40N8O2+2. The minimum atomic E-state index is 0.740. The van der Waals surface area contributed by atoms with Gasteiger partial charge in [-0.05, 0) is 121 Å². The van der Waals surface area contributed by atoms with Gasteiger partial charge in [0.2, 0.25) is 0 Å². The van der Waals surface area contributed by atoms with Crippen LogP contribution in [0.2, 0.25) is 0 Å². The van der Waals surface area contributed by atoms with Gasteiger partial charge in [0, 0.05) is 24.3 Å². The van der Waals surface area contributed by atoms with Crippen molar-refractivity contribution in [3.63, 3.8) is 0 Å². The molecule has 0 amide bonds. The fourth-order valence-corrected chi connectivity index (χ4v) is 9.21. The largest absolute Gasteiger partial charge is 0.457 e. The first kappa shape index (κ1) is 38.9. The quantitative estimate of drug-likeness (QED) is 0.128. The van der Waals surface area contributed by atoms with Crippen molar-refractivity contribution in [2.24, 2.45) is 0 Å². The molecule has 0 spiro atoms. The number of nitrogens with zero attached hydrogens (tertiary/aromatic N) is 8. The van der Waals surface area contributed by atoms with Crippen LogP contribution in [0.5, 0.6) is 23.0 Å². The molecule has 0 aliphatic rings. The number of ether oxygens (including phenoxy) is 2. The van der Waals surface area contributed by atoms with Crippen LogP contribution < -0.4 is 18.6 Å². The molecule has 68 heavy (non-hydrogen) atoms. The van der Waals surface area contributed by atoms with E-state index in [1.165, 1.54) is 0 Å². The molecule has 4 heterocycles. The summed E-state index contributed by atoms with van der Waals surface area (Å²) >= 11 is 0. The number of hydrogen-bond acceptors (Lipinski definition) is 4. The van der Waals surface area contributed by atoms with Crippen LogP contribution in [-0.2, 0) is 0 Å². The fourth-order valence-electron chi connectivity index (χ4n) is 9.21. The molecule has 0 radical (unpaired) electrons. The SMILES string of the molecule is c1cc(Oc2cccc(-n3c[n+](-c4ccc(-[n+]5cn(-c6cccc(Oc7cccc(-n8cnc9ccccc98)c7)c6)c6ccccc65)cc4)c4ccccc43)c2)cc(-n2cnc3ccccc32)c1. The molecule has 0 fully saturated rings. The van der Waals surface area contributed by atoms with Gasteiger partial charge in [-0.2, -0.15) is 18.3 Å². The van der Waals surface area contributed by atoms with Gasteiger partial charge in [-0.15, -0.1) is 0 Å². The molecule has 13 aromatic rings. The lowest BCUT2D eigenvalue weighted by Crippen LogP contribution is -2.31. The molecule has 0 bridgehead atoms. The zero-order valence-corrected chi connectivity index (χ0v) is 36.5. The standard InChI is InChI=1S/C58H40N8O2/c1-3-23-53-51(21-1)59-37-61(53)43-13-9-17-47(33-43)67-49-19-11-15-45(35-49)65-39-63(55-25-5-7-27-57(55)65)41-29-31-42(32-30-41)64-40-66(58-28-8-6-26-56(58)64)46-16-12-20-50(36-46)68-48-18-10-14-44(34-48)62-38-60-52-22-2-4-24-54(52)62/h1-40H/q+2. The van der Waals surface area contributed by atoms with Crippen molar-refractivity contribution >= 4 is 44.1 Å². The van der Waals surface area contributed by atoms with Gasteiger partial charge in [0.05, 0.1) is 33.4 Å². The minimum absolute atomic E-state index is 0.740. The summed E-state index contributed by atoms with van der Waals surface area (Å²) in [6, 6.07) is 74.5. The van der Waals surface area contributed by atoms with E-state index in [4.69, 9.17) is 9.47 Å². The van der Waals surface area contributed by atoms with Crippen molar-refractivity contribution in [2.45, 2.75) is 0 Å². The zero-order valence-electron chi connectivity index (χ0n) is 36.5. The Labute approximate surface area is 390 Å². The molecule has 9 aromatic carbocycles. The molecule has 0 unspecified atom stereocenters. The van der Waals surface area contributed by atoms with Gasteiger partial charge in [0.1, 0.15) is 58.4 Å². The first-order valence-electron chi connectivity index (χ1n) is 22.4. The average Bonchev–Trinajstić information content (AvgIpc) is 4.20. The highest BCUT2D eigenvalue weighted by atomic mass is 16.5. The normalized spacial score (nSPS) is 11.5. The third-order valence-electron chi connectivity index (χ3n) is 12.4. The van der Waals surface area contributed by atoms with Crippen molar-refractivity contribution in [1.29, 1.82) is 0 Å². The summed E-state index contributed by atoms with van der Waals surface area (Å²) in [5, 5.41) is 0. The highest BCUT2D eigenvalue weighted by molar-refractivity contribution is 5.79. The second kappa shape index (κ2) is 16.2. The maximum Gasteiger partial charge on any atom is 0.255 e. The van der Waals surface area contributed by atoms with Crippen LogP contribution >= 0.6 is 0 Å². The average molecular weight is 881 g/mol. The topological polar surface area (TPSA) is 71.7 Å². The van der Waals surface area contributed by atoms with E-state index in [-0.39, 0.29) is 0 Å². The molecule has 0 saturated heterocycles. The Morgan fingerprint density at radius 2 is 0.647 bits per heavy atom. The lowest BCUT2D eigenvalue weighted by Gasteiger charge is -2.10. The van der Waals surface area contributed by atoms with E-state index in [1.807, 2.05) is 110 Å². The first-order valence-corrected chi connectivity index (χ1v) is 22.4. The van der Waals surface area contributed by atoms with Crippen LogP contribution in [-0.4, -0.2) is 28.2 Å². The summed E-state index contributed by atoms with van der Waals surface area (Å²) in [6.45, 7) is 0. The Balaban J connectivity index is 0.782. The number of benzene rings is 9. The molecule has 0 N–H and O–H groups in total. The second-order valence-electron chi connectivity index (χ2n) is 16.6. The number of para-hydroxylation sites is 8. The van der Waals surface area contributed by atoms with E-state index in [1.54, 1.807) is 0 Å². The molecule has 0 saturated carbocycles. The molecule has 0 atom stereocenters. The number of imidazole rings is 4. The van der Waals surface area contributed by atoms with E-state index in [0.29, 0.717) is 0 Å². The Morgan fingerprint density at radius 1 is 0.309 bits per heavy atom. The van der Waals surface area contributed by atoms with Crippen molar-refractivity contribution in [2.75, 3.05) is 0 Å². The van der Waals surface area contributed by atoms with Crippen molar-refractivity contribution in [3.8, 4) is 57.1 Å². The van der Waals surface area contributed by atoms with Crippen LogP contribution in [0.3, 0.4) is 0 Å². The van der Waals surface area contributed by atoms with Gasteiger partial charge in [0.15, 0.2) is 22.1 Å². The molecule has 0 aliphatic carbocycles. The fraction of sp³-hybridized carbons (Fsp3) is 0. The molecule has 322 valence electrons. The van der Waals surface area contributed by atoms with Gasteiger partial charge in [-0.25, -0.2) is 9.97 Å². The van der Waals surface area contributed by atoms with Crippen molar-refractivity contribution in [1.82, 2.24) is 28.2 Å². The van der Waals surface area contributed by atoms with E-state index >= 15 is 0 Å². The van der Waals surface area contributed by atoms with Gasteiger partial charge in [-0.1, -0.05) is 72.8 Å². The van der Waals surface area contributed by atoms with Crippen LogP contribution in [0.15, 0.2) is 244 Å². The molecule has 10 heteroatoms.